The van der Waals surface area contributed by atoms with E-state index in [-0.39, 0.29) is 12.0 Å². The molecule has 3 aliphatic heterocycles. The summed E-state index contributed by atoms with van der Waals surface area (Å²) in [5.41, 5.74) is 1.21. The molecule has 4 amide bonds. The molecule has 6 nitrogen and oxygen atoms in total. The molecule has 0 aliphatic carbocycles. The first-order valence-electron chi connectivity index (χ1n) is 10.5. The zero-order valence-electron chi connectivity index (χ0n) is 17.2. The lowest BCUT2D eigenvalue weighted by Crippen LogP contribution is -2.74. The van der Waals surface area contributed by atoms with Crippen LogP contribution in [0, 0.1) is 17.3 Å². The highest BCUT2D eigenvalue weighted by Crippen LogP contribution is 2.50. The third kappa shape index (κ3) is 2.52. The van der Waals surface area contributed by atoms with Crippen molar-refractivity contribution < 1.29 is 14.4 Å². The van der Waals surface area contributed by atoms with Crippen LogP contribution in [0.5, 0.6) is 0 Å². The number of amides is 4. The summed E-state index contributed by atoms with van der Waals surface area (Å²) < 4.78 is 0. The average Bonchev–Trinajstić information content (AvgIpc) is 2.72. The molecule has 0 saturated carbocycles. The number of anilines is 2. The van der Waals surface area contributed by atoms with Crippen LogP contribution in [0.2, 0.25) is 0 Å². The number of imide groups is 2. The first-order valence-corrected chi connectivity index (χ1v) is 10.5. The number of nitrogens with one attached hydrogen (secondary N) is 1. The van der Waals surface area contributed by atoms with E-state index in [4.69, 9.17) is 0 Å². The molecule has 1 N–H and O–H groups in total. The predicted molar refractivity (Wildman–Crippen MR) is 114 cm³/mol. The van der Waals surface area contributed by atoms with Crippen molar-refractivity contribution in [2.45, 2.75) is 32.7 Å². The Bertz CT molecular complexity index is 1040. The van der Waals surface area contributed by atoms with Crippen LogP contribution in [0.1, 0.15) is 25.8 Å². The Hall–Kier alpha value is -3.15. The minimum absolute atomic E-state index is 0.127. The zero-order chi connectivity index (χ0) is 21.0. The Morgan fingerprint density at radius 1 is 0.967 bits per heavy atom. The number of hydrogen-bond donors (Lipinski definition) is 1. The number of urea groups is 1. The van der Waals surface area contributed by atoms with Gasteiger partial charge in [0, 0.05) is 12.2 Å². The number of rotatable bonds is 1. The maximum Gasteiger partial charge on any atom is 0.335 e. The summed E-state index contributed by atoms with van der Waals surface area (Å²) >= 11 is 0. The van der Waals surface area contributed by atoms with Crippen LogP contribution in [-0.4, -0.2) is 30.4 Å². The fourth-order valence-corrected chi connectivity index (χ4v) is 5.82. The first-order chi connectivity index (χ1) is 14.4. The van der Waals surface area contributed by atoms with Crippen molar-refractivity contribution in [3.8, 4) is 0 Å². The Morgan fingerprint density at radius 2 is 1.67 bits per heavy atom. The van der Waals surface area contributed by atoms with E-state index >= 15 is 0 Å². The summed E-state index contributed by atoms with van der Waals surface area (Å²) in [6.45, 7) is 5.11. The molecule has 3 aliphatic rings. The molecule has 2 saturated heterocycles. The second kappa shape index (κ2) is 6.69. The fourth-order valence-electron chi connectivity index (χ4n) is 5.82. The maximum absolute atomic E-state index is 14.0. The number of fused-ring (bicyclic) bond motifs is 4. The molecule has 2 aromatic rings. The number of piperidine rings is 1. The van der Waals surface area contributed by atoms with Crippen LogP contribution < -0.4 is 15.1 Å². The SMILES string of the molecule is C[C@@H]1C[C@H](C)[C@@H]2N(C1)c1ccccc1C[C@@]21C(=O)NC(=O)N(c2ccccc2)C1=O. The molecule has 2 aromatic carbocycles. The second-order valence-electron chi connectivity index (χ2n) is 8.93. The van der Waals surface area contributed by atoms with Gasteiger partial charge in [-0.15, -0.1) is 0 Å². The number of nitrogens with zero attached hydrogens (tertiary/aromatic N) is 2. The fraction of sp³-hybridized carbons (Fsp3) is 0.375. The van der Waals surface area contributed by atoms with Gasteiger partial charge in [-0.3, -0.25) is 14.9 Å². The molecule has 4 atom stereocenters. The average molecular weight is 403 g/mol. The molecular formula is C24H25N3O3. The lowest BCUT2D eigenvalue weighted by Gasteiger charge is -2.56. The van der Waals surface area contributed by atoms with Gasteiger partial charge in [0.05, 0.1) is 11.7 Å². The smallest absolute Gasteiger partial charge is 0.335 e. The van der Waals surface area contributed by atoms with E-state index in [2.05, 4.69) is 30.1 Å². The highest BCUT2D eigenvalue weighted by molar-refractivity contribution is 6.30. The number of hydrogen-bond acceptors (Lipinski definition) is 4. The van der Waals surface area contributed by atoms with Crippen molar-refractivity contribution in [3.63, 3.8) is 0 Å². The van der Waals surface area contributed by atoms with Gasteiger partial charge in [-0.2, -0.15) is 0 Å². The lowest BCUT2D eigenvalue weighted by molar-refractivity contribution is -0.146. The number of carbonyl (C=O) groups excluding carboxylic acids is 3. The van der Waals surface area contributed by atoms with Crippen LogP contribution in [0.15, 0.2) is 54.6 Å². The minimum Gasteiger partial charge on any atom is -0.366 e. The van der Waals surface area contributed by atoms with Gasteiger partial charge in [-0.05, 0) is 48.4 Å². The molecule has 0 radical (unpaired) electrons. The minimum atomic E-state index is -1.34. The molecule has 1 spiro atoms. The summed E-state index contributed by atoms with van der Waals surface area (Å²) in [4.78, 5) is 43.6. The van der Waals surface area contributed by atoms with Crippen molar-refractivity contribution in [2.75, 3.05) is 16.3 Å². The van der Waals surface area contributed by atoms with E-state index < -0.39 is 23.3 Å². The van der Waals surface area contributed by atoms with E-state index in [9.17, 15) is 14.4 Å². The molecular weight excluding hydrogens is 378 g/mol. The van der Waals surface area contributed by atoms with Crippen LogP contribution in [0.3, 0.4) is 0 Å². The van der Waals surface area contributed by atoms with Gasteiger partial charge in [0.25, 0.3) is 5.91 Å². The molecule has 5 rings (SSSR count). The summed E-state index contributed by atoms with van der Waals surface area (Å²) in [6.07, 6.45) is 1.23. The molecule has 0 aromatic heterocycles. The van der Waals surface area contributed by atoms with Gasteiger partial charge in [-0.25, -0.2) is 9.69 Å². The van der Waals surface area contributed by atoms with Crippen molar-refractivity contribution in [1.82, 2.24) is 5.32 Å². The molecule has 6 heteroatoms. The standard InChI is InChI=1S/C24H25N3O3/c1-15-12-16(2)20-24(13-17-8-6-7-11-19(17)26(20)14-15)21(28)25-23(30)27(22(24)29)18-9-4-3-5-10-18/h3-11,15-16,20H,12-14H2,1-2H3,(H,25,28,30)/t15-,16+,20+,24+/m1/s1. The van der Waals surface area contributed by atoms with Gasteiger partial charge >= 0.3 is 6.03 Å². The third-order valence-electron chi connectivity index (χ3n) is 6.86. The molecule has 0 bridgehead atoms. The monoisotopic (exact) mass is 403 g/mol. The largest absolute Gasteiger partial charge is 0.366 e. The van der Waals surface area contributed by atoms with Gasteiger partial charge in [0.1, 0.15) is 0 Å². The van der Waals surface area contributed by atoms with E-state index in [1.54, 1.807) is 24.3 Å². The van der Waals surface area contributed by atoms with Crippen molar-refractivity contribution >= 4 is 29.2 Å². The van der Waals surface area contributed by atoms with Crippen LogP contribution >= 0.6 is 0 Å². The molecule has 0 unspecified atom stereocenters. The van der Waals surface area contributed by atoms with Gasteiger partial charge in [-0.1, -0.05) is 50.2 Å². The second-order valence-corrected chi connectivity index (χ2v) is 8.93. The highest BCUT2D eigenvalue weighted by atomic mass is 16.2. The van der Waals surface area contributed by atoms with E-state index in [0.717, 1.165) is 29.1 Å². The number of para-hydroxylation sites is 2. The molecule has 30 heavy (non-hydrogen) atoms. The van der Waals surface area contributed by atoms with Gasteiger partial charge in [0.15, 0.2) is 5.41 Å². The lowest BCUT2D eigenvalue weighted by atomic mass is 9.62. The van der Waals surface area contributed by atoms with E-state index in [1.807, 2.05) is 24.3 Å². The number of carbonyl (C=O) groups is 3. The maximum atomic E-state index is 14.0. The Balaban J connectivity index is 1.70. The zero-order valence-corrected chi connectivity index (χ0v) is 17.2. The van der Waals surface area contributed by atoms with E-state index in [0.29, 0.717) is 18.0 Å². The third-order valence-corrected chi connectivity index (χ3v) is 6.86. The molecule has 2 fully saturated rings. The summed E-state index contributed by atoms with van der Waals surface area (Å²) in [6, 6.07) is 15.9. The van der Waals surface area contributed by atoms with E-state index in [1.165, 1.54) is 0 Å². The predicted octanol–water partition coefficient (Wildman–Crippen LogP) is 3.36. The van der Waals surface area contributed by atoms with Crippen LogP contribution in [0.4, 0.5) is 16.2 Å². The number of barbiturate groups is 1. The molecule has 154 valence electrons. The van der Waals surface area contributed by atoms with Gasteiger partial charge in [0.2, 0.25) is 5.91 Å². The summed E-state index contributed by atoms with van der Waals surface area (Å²) in [5, 5.41) is 2.52. The summed E-state index contributed by atoms with van der Waals surface area (Å²) in [5.74, 6) is -0.320. The van der Waals surface area contributed by atoms with Crippen molar-refractivity contribution in [3.05, 3.63) is 60.2 Å². The van der Waals surface area contributed by atoms with Gasteiger partial charge < -0.3 is 4.90 Å². The van der Waals surface area contributed by atoms with Crippen molar-refractivity contribution in [1.29, 1.82) is 0 Å². The normalized spacial score (nSPS) is 30.7. The van der Waals surface area contributed by atoms with Crippen LogP contribution in [-0.2, 0) is 16.0 Å². The quantitative estimate of drug-likeness (QED) is 0.742. The van der Waals surface area contributed by atoms with Crippen LogP contribution in [0.25, 0.3) is 0 Å². The topological polar surface area (TPSA) is 69.7 Å². The Labute approximate surface area is 175 Å². The highest BCUT2D eigenvalue weighted by Gasteiger charge is 2.64. The Morgan fingerprint density at radius 3 is 2.43 bits per heavy atom. The molecule has 3 heterocycles. The van der Waals surface area contributed by atoms with Crippen molar-refractivity contribution in [2.24, 2.45) is 17.3 Å². The summed E-state index contributed by atoms with van der Waals surface area (Å²) in [7, 11) is 0. The first kappa shape index (κ1) is 18.9. The number of benzene rings is 2. The Kier molecular flexibility index (Phi) is 4.20.